The van der Waals surface area contributed by atoms with Crippen molar-refractivity contribution in [2.24, 2.45) is 5.73 Å². The maximum absolute atomic E-state index is 11.1. The second-order valence-electron chi connectivity index (χ2n) is 4.10. The molecule has 3 rings (SSSR count). The van der Waals surface area contributed by atoms with E-state index in [1.807, 2.05) is 17.5 Å². The van der Waals surface area contributed by atoms with Crippen LogP contribution < -0.4 is 16.2 Å². The van der Waals surface area contributed by atoms with Crippen LogP contribution in [0.4, 0.5) is 0 Å². The highest BCUT2D eigenvalue weighted by atomic mass is 32.1. The lowest BCUT2D eigenvalue weighted by atomic mass is 10.1. The number of benzene rings is 1. The van der Waals surface area contributed by atoms with Gasteiger partial charge >= 0.3 is 5.76 Å². The molecule has 19 heavy (non-hydrogen) atoms. The second-order valence-corrected chi connectivity index (χ2v) is 5.05. The lowest BCUT2D eigenvalue weighted by Gasteiger charge is -2.12. The van der Waals surface area contributed by atoms with Crippen LogP contribution in [-0.4, -0.2) is 12.1 Å². The van der Waals surface area contributed by atoms with E-state index in [1.54, 1.807) is 19.2 Å². The summed E-state index contributed by atoms with van der Waals surface area (Å²) in [5, 5.41) is 1.93. The maximum Gasteiger partial charge on any atom is 0.417 e. The van der Waals surface area contributed by atoms with Crippen molar-refractivity contribution in [3.05, 3.63) is 50.6 Å². The van der Waals surface area contributed by atoms with Gasteiger partial charge in [0.25, 0.3) is 0 Å². The predicted molar refractivity (Wildman–Crippen MR) is 73.7 cm³/mol. The molecule has 0 amide bonds. The molecule has 0 bridgehead atoms. The number of H-pyrrole nitrogens is 1. The van der Waals surface area contributed by atoms with Gasteiger partial charge in [-0.05, 0) is 29.1 Å². The van der Waals surface area contributed by atoms with Crippen LogP contribution in [0.1, 0.15) is 16.5 Å². The normalized spacial score (nSPS) is 12.7. The van der Waals surface area contributed by atoms with Crippen molar-refractivity contribution >= 4 is 22.4 Å². The first kappa shape index (κ1) is 12.0. The quantitative estimate of drug-likeness (QED) is 0.768. The minimum Gasteiger partial charge on any atom is -0.496 e. The summed E-state index contributed by atoms with van der Waals surface area (Å²) in [6.45, 7) is 0. The van der Waals surface area contributed by atoms with Gasteiger partial charge in [-0.3, -0.25) is 4.98 Å². The van der Waals surface area contributed by atoms with Crippen molar-refractivity contribution in [2.75, 3.05) is 7.11 Å². The van der Waals surface area contributed by atoms with Crippen molar-refractivity contribution in [2.45, 2.75) is 6.04 Å². The van der Waals surface area contributed by atoms with Crippen LogP contribution in [0.25, 0.3) is 11.1 Å². The number of nitrogens with two attached hydrogens (primary N) is 1. The summed E-state index contributed by atoms with van der Waals surface area (Å²) in [7, 11) is 1.62. The minimum atomic E-state index is -0.463. The first-order valence-corrected chi connectivity index (χ1v) is 6.56. The smallest absolute Gasteiger partial charge is 0.417 e. The summed E-state index contributed by atoms with van der Waals surface area (Å²) in [5.74, 6) is 0.308. The molecule has 0 saturated heterocycles. The van der Waals surface area contributed by atoms with E-state index in [0.29, 0.717) is 11.1 Å². The molecule has 0 aliphatic heterocycles. The summed E-state index contributed by atoms with van der Waals surface area (Å²) < 4.78 is 10.3. The third-order valence-electron chi connectivity index (χ3n) is 2.96. The third-order valence-corrected chi connectivity index (χ3v) is 3.95. The van der Waals surface area contributed by atoms with Gasteiger partial charge in [-0.1, -0.05) is 6.07 Å². The minimum absolute atomic E-state index is 0.306. The van der Waals surface area contributed by atoms with Gasteiger partial charge in [0.2, 0.25) is 0 Å². The Kier molecular flexibility index (Phi) is 2.88. The lowest BCUT2D eigenvalue weighted by molar-refractivity contribution is 0.411. The molecule has 5 nitrogen and oxygen atoms in total. The SMILES string of the molecule is COc1ccsc1C(N)c1ccc2[nH]c(=O)oc2c1. The lowest BCUT2D eigenvalue weighted by Crippen LogP contribution is -2.11. The summed E-state index contributed by atoms with van der Waals surface area (Å²) >= 11 is 1.54. The van der Waals surface area contributed by atoms with Crippen LogP contribution in [0, 0.1) is 0 Å². The zero-order chi connectivity index (χ0) is 13.4. The maximum atomic E-state index is 11.1. The molecule has 2 aromatic heterocycles. The topological polar surface area (TPSA) is 81.2 Å². The van der Waals surface area contributed by atoms with Gasteiger partial charge in [-0.25, -0.2) is 4.79 Å². The Morgan fingerprint density at radius 3 is 3.05 bits per heavy atom. The highest BCUT2D eigenvalue weighted by Crippen LogP contribution is 2.33. The molecule has 1 unspecified atom stereocenters. The molecule has 1 atom stereocenters. The summed E-state index contributed by atoms with van der Waals surface area (Å²) in [5.41, 5.74) is 8.28. The largest absolute Gasteiger partial charge is 0.496 e. The number of aromatic nitrogens is 1. The number of thiophene rings is 1. The molecule has 6 heteroatoms. The Hall–Kier alpha value is -2.05. The molecule has 0 saturated carbocycles. The molecule has 1 aromatic carbocycles. The molecule has 0 aliphatic rings. The van der Waals surface area contributed by atoms with Gasteiger partial charge in [-0.15, -0.1) is 11.3 Å². The Labute approximate surface area is 112 Å². The van der Waals surface area contributed by atoms with Crippen molar-refractivity contribution in [3.8, 4) is 5.75 Å². The van der Waals surface area contributed by atoms with Gasteiger partial charge in [0.1, 0.15) is 5.75 Å². The van der Waals surface area contributed by atoms with E-state index in [9.17, 15) is 4.79 Å². The van der Waals surface area contributed by atoms with Gasteiger partial charge in [0.05, 0.1) is 23.5 Å². The molecule has 0 aliphatic carbocycles. The molecule has 0 radical (unpaired) electrons. The number of oxazole rings is 1. The summed E-state index contributed by atoms with van der Waals surface area (Å²) in [4.78, 5) is 14.7. The van der Waals surface area contributed by atoms with E-state index < -0.39 is 5.76 Å². The zero-order valence-electron chi connectivity index (χ0n) is 10.2. The number of nitrogens with one attached hydrogen (secondary N) is 1. The first-order chi connectivity index (χ1) is 9.19. The average Bonchev–Trinajstić information content (AvgIpc) is 3.01. The Morgan fingerprint density at radius 1 is 1.42 bits per heavy atom. The number of hydrogen-bond donors (Lipinski definition) is 2. The van der Waals surface area contributed by atoms with Crippen molar-refractivity contribution in [3.63, 3.8) is 0 Å². The Bertz CT molecular complexity index is 771. The predicted octanol–water partition coefficient (Wildman–Crippen LogP) is 2.24. The van der Waals surface area contributed by atoms with Crippen LogP contribution >= 0.6 is 11.3 Å². The van der Waals surface area contributed by atoms with Crippen LogP contribution in [0.5, 0.6) is 5.75 Å². The fourth-order valence-corrected chi connectivity index (χ4v) is 2.90. The van der Waals surface area contributed by atoms with Crippen LogP contribution in [0.3, 0.4) is 0 Å². The number of methoxy groups -OCH3 is 1. The van der Waals surface area contributed by atoms with E-state index in [-0.39, 0.29) is 6.04 Å². The van der Waals surface area contributed by atoms with Crippen LogP contribution in [0.2, 0.25) is 0 Å². The Balaban J connectivity index is 2.05. The van der Waals surface area contributed by atoms with Crippen molar-refractivity contribution in [1.29, 1.82) is 0 Å². The molecule has 3 N–H and O–H groups in total. The third kappa shape index (κ3) is 2.05. The summed E-state index contributed by atoms with van der Waals surface area (Å²) in [6.07, 6.45) is 0. The zero-order valence-corrected chi connectivity index (χ0v) is 11.0. The number of fused-ring (bicyclic) bond motifs is 1. The van der Waals surface area contributed by atoms with Crippen LogP contribution in [-0.2, 0) is 0 Å². The number of hydrogen-bond acceptors (Lipinski definition) is 5. The second kappa shape index (κ2) is 4.56. The average molecular weight is 276 g/mol. The fraction of sp³-hybridized carbons (Fsp3) is 0.154. The van der Waals surface area contributed by atoms with Crippen molar-refractivity contribution < 1.29 is 9.15 Å². The molecular formula is C13H12N2O3S. The molecule has 3 aromatic rings. The van der Waals surface area contributed by atoms with Gasteiger partial charge in [0.15, 0.2) is 5.58 Å². The first-order valence-electron chi connectivity index (χ1n) is 5.69. The van der Waals surface area contributed by atoms with Gasteiger partial charge in [-0.2, -0.15) is 0 Å². The highest BCUT2D eigenvalue weighted by Gasteiger charge is 2.16. The number of rotatable bonds is 3. The molecule has 2 heterocycles. The standard InChI is InChI=1S/C13H12N2O3S/c1-17-9-4-5-19-12(9)11(14)7-2-3-8-10(6-7)18-13(16)15-8/h2-6,11H,14H2,1H3,(H,15,16). The molecular weight excluding hydrogens is 264 g/mol. The molecule has 98 valence electrons. The Morgan fingerprint density at radius 2 is 2.26 bits per heavy atom. The number of ether oxygens (including phenoxy) is 1. The van der Waals surface area contributed by atoms with Crippen LogP contribution in [0.15, 0.2) is 38.9 Å². The fourth-order valence-electron chi connectivity index (χ4n) is 2.01. The van der Waals surface area contributed by atoms with E-state index in [2.05, 4.69) is 4.98 Å². The number of aromatic amines is 1. The van der Waals surface area contributed by atoms with E-state index >= 15 is 0 Å². The van der Waals surface area contributed by atoms with E-state index in [1.165, 1.54) is 11.3 Å². The van der Waals surface area contributed by atoms with Gasteiger partial charge in [0, 0.05) is 0 Å². The van der Waals surface area contributed by atoms with E-state index in [0.717, 1.165) is 16.2 Å². The summed E-state index contributed by atoms with van der Waals surface area (Å²) in [6, 6.07) is 7.01. The molecule has 0 spiro atoms. The highest BCUT2D eigenvalue weighted by molar-refractivity contribution is 7.10. The van der Waals surface area contributed by atoms with Gasteiger partial charge < -0.3 is 14.9 Å². The van der Waals surface area contributed by atoms with Crippen molar-refractivity contribution in [1.82, 2.24) is 4.98 Å². The van der Waals surface area contributed by atoms with E-state index in [4.69, 9.17) is 14.9 Å². The monoisotopic (exact) mass is 276 g/mol. The molecule has 0 fully saturated rings.